The third kappa shape index (κ3) is 3.13. The topological polar surface area (TPSA) is 40.5 Å². The first-order chi connectivity index (χ1) is 13.3. The molecule has 0 aromatic heterocycles. The number of hydrogen-bond acceptors (Lipinski definition) is 2. The summed E-state index contributed by atoms with van der Waals surface area (Å²) in [6, 6.07) is 3.97. The first-order valence-electron chi connectivity index (χ1n) is 11.1. The van der Waals surface area contributed by atoms with E-state index in [1.165, 1.54) is 50.5 Å². The van der Waals surface area contributed by atoms with Crippen LogP contribution < -0.4 is 0 Å². The number of benzene rings is 1. The van der Waals surface area contributed by atoms with Crippen molar-refractivity contribution in [2.24, 2.45) is 17.3 Å². The largest absolute Gasteiger partial charge is 0.507 e. The average molecular weight is 447 g/mol. The lowest BCUT2D eigenvalue weighted by Gasteiger charge is -2.59. The Hall–Kier alpha value is -0.960. The molecule has 0 aliphatic heterocycles. The summed E-state index contributed by atoms with van der Waals surface area (Å²) in [6.45, 7) is 6.90. The molecule has 5 rings (SSSR count). The third-order valence-electron chi connectivity index (χ3n) is 8.45. The number of phenols is 2. The minimum atomic E-state index is 0.130. The molecule has 0 spiro atoms. The summed E-state index contributed by atoms with van der Waals surface area (Å²) in [5, 5.41) is 23.1. The van der Waals surface area contributed by atoms with Gasteiger partial charge in [0.2, 0.25) is 0 Å². The second kappa shape index (κ2) is 7.38. The molecule has 2 N–H and O–H groups in total. The predicted molar refractivity (Wildman–Crippen MR) is 119 cm³/mol. The Balaban J connectivity index is 1.62. The lowest BCUT2D eigenvalue weighted by atomic mass is 9.45. The van der Waals surface area contributed by atoms with Crippen LogP contribution in [-0.2, 0) is 5.41 Å². The Bertz CT molecular complexity index is 752. The first kappa shape index (κ1) is 20.3. The molecule has 3 atom stereocenters. The minimum absolute atomic E-state index is 0.130. The lowest BCUT2D eigenvalue weighted by Crippen LogP contribution is -2.50. The fourth-order valence-corrected chi connectivity index (χ4v) is 6.83. The molecular weight excluding hydrogens is 412 g/mol. The van der Waals surface area contributed by atoms with Gasteiger partial charge < -0.3 is 10.2 Å². The van der Waals surface area contributed by atoms with Gasteiger partial charge in [-0.15, -0.1) is 0 Å². The monoisotopic (exact) mass is 446 g/mol. The van der Waals surface area contributed by atoms with Crippen LogP contribution in [0.3, 0.4) is 0 Å². The second-order valence-electron chi connectivity index (χ2n) is 10.2. The Morgan fingerprint density at radius 3 is 2.25 bits per heavy atom. The van der Waals surface area contributed by atoms with Crippen LogP contribution in [0.1, 0.15) is 89.2 Å². The highest BCUT2D eigenvalue weighted by molar-refractivity contribution is 9.09. The minimum Gasteiger partial charge on any atom is -0.507 e. The van der Waals surface area contributed by atoms with E-state index < -0.39 is 0 Å². The van der Waals surface area contributed by atoms with E-state index in [2.05, 4.69) is 42.8 Å². The average Bonchev–Trinajstić information content (AvgIpc) is 2.59. The predicted octanol–water partition coefficient (Wildman–Crippen LogP) is 7.18. The summed E-state index contributed by atoms with van der Waals surface area (Å²) in [5.41, 5.74) is 3.75. The van der Waals surface area contributed by atoms with Gasteiger partial charge in [-0.05, 0) is 79.4 Å². The molecule has 2 saturated carbocycles. The Morgan fingerprint density at radius 2 is 1.75 bits per heavy atom. The zero-order valence-corrected chi connectivity index (χ0v) is 19.2. The molecule has 2 fully saturated rings. The van der Waals surface area contributed by atoms with Crippen LogP contribution >= 0.6 is 15.9 Å². The molecule has 0 amide bonds. The third-order valence-corrected chi connectivity index (χ3v) is 9.01. The summed E-state index contributed by atoms with van der Waals surface area (Å²) in [6.07, 6.45) is 11.9. The Morgan fingerprint density at radius 1 is 1.07 bits per heavy atom. The van der Waals surface area contributed by atoms with Gasteiger partial charge in [-0.3, -0.25) is 0 Å². The van der Waals surface area contributed by atoms with E-state index in [1.807, 2.05) is 12.1 Å². The van der Waals surface area contributed by atoms with E-state index in [1.54, 1.807) is 0 Å². The van der Waals surface area contributed by atoms with Gasteiger partial charge in [-0.25, -0.2) is 0 Å². The summed E-state index contributed by atoms with van der Waals surface area (Å²) in [7, 11) is 0. The summed E-state index contributed by atoms with van der Waals surface area (Å²) < 4.78 is 0. The quantitative estimate of drug-likeness (QED) is 0.264. The van der Waals surface area contributed by atoms with Crippen molar-refractivity contribution in [3.63, 3.8) is 0 Å². The van der Waals surface area contributed by atoms with Gasteiger partial charge in [0.25, 0.3) is 0 Å². The maximum absolute atomic E-state index is 11.0. The number of alkyl halides is 1. The van der Waals surface area contributed by atoms with Crippen molar-refractivity contribution < 1.29 is 10.2 Å². The summed E-state index contributed by atoms with van der Waals surface area (Å²) >= 11 is 3.52. The van der Waals surface area contributed by atoms with Gasteiger partial charge in [-0.2, -0.15) is 0 Å². The number of aromatic hydroxyl groups is 2. The van der Waals surface area contributed by atoms with Crippen LogP contribution in [0.2, 0.25) is 0 Å². The molecule has 0 heterocycles. The molecule has 3 heteroatoms. The summed E-state index contributed by atoms with van der Waals surface area (Å²) in [5.74, 6) is 1.90. The zero-order valence-electron chi connectivity index (χ0n) is 17.6. The number of halogens is 1. The molecule has 4 aliphatic rings. The SMILES string of the molecule is CC1=C[C@H](c2c(O)cc(C3(CCCCCBr)CCC3)cc2O)[C@@H]2C[C@H]1C2(C)C. The fraction of sp³-hybridized carbons (Fsp3) is 0.680. The van der Waals surface area contributed by atoms with Crippen LogP contribution in [-0.4, -0.2) is 15.5 Å². The molecule has 2 bridgehead atoms. The molecule has 1 aromatic rings. The Kier molecular flexibility index (Phi) is 5.35. The highest BCUT2D eigenvalue weighted by atomic mass is 79.9. The van der Waals surface area contributed by atoms with Gasteiger partial charge in [0.1, 0.15) is 11.5 Å². The molecule has 0 saturated heterocycles. The number of fused-ring (bicyclic) bond motifs is 1. The van der Waals surface area contributed by atoms with Gasteiger partial charge in [0, 0.05) is 16.8 Å². The van der Waals surface area contributed by atoms with Crippen LogP contribution in [0.15, 0.2) is 23.8 Å². The maximum atomic E-state index is 11.0. The fourth-order valence-electron chi connectivity index (χ4n) is 6.43. The van der Waals surface area contributed by atoms with Crippen molar-refractivity contribution in [2.45, 2.75) is 83.5 Å². The molecule has 0 radical (unpaired) electrons. The van der Waals surface area contributed by atoms with E-state index in [4.69, 9.17) is 0 Å². The summed E-state index contributed by atoms with van der Waals surface area (Å²) in [4.78, 5) is 0. The van der Waals surface area contributed by atoms with Gasteiger partial charge in [0.05, 0.1) is 0 Å². The van der Waals surface area contributed by atoms with E-state index in [9.17, 15) is 10.2 Å². The second-order valence-corrected chi connectivity index (χ2v) is 11.0. The van der Waals surface area contributed by atoms with Crippen LogP contribution in [0.5, 0.6) is 11.5 Å². The highest BCUT2D eigenvalue weighted by Crippen LogP contribution is 2.65. The normalized spacial score (nSPS) is 29.6. The van der Waals surface area contributed by atoms with Crippen molar-refractivity contribution in [2.75, 3.05) is 5.33 Å². The number of phenolic OH excluding ortho intramolecular Hbond substituents is 2. The molecule has 4 aliphatic carbocycles. The smallest absolute Gasteiger partial charge is 0.123 e. The molecule has 28 heavy (non-hydrogen) atoms. The molecule has 1 aromatic carbocycles. The van der Waals surface area contributed by atoms with Crippen LogP contribution in [0.4, 0.5) is 0 Å². The van der Waals surface area contributed by atoms with Crippen LogP contribution in [0, 0.1) is 17.3 Å². The van der Waals surface area contributed by atoms with Crippen molar-refractivity contribution in [3.8, 4) is 11.5 Å². The lowest BCUT2D eigenvalue weighted by molar-refractivity contribution is -0.0198. The van der Waals surface area contributed by atoms with Crippen molar-refractivity contribution >= 4 is 15.9 Å². The maximum Gasteiger partial charge on any atom is 0.123 e. The first-order valence-corrected chi connectivity index (χ1v) is 12.2. The van der Waals surface area contributed by atoms with E-state index in [-0.39, 0.29) is 16.7 Å². The number of hydrogen-bond donors (Lipinski definition) is 2. The number of rotatable bonds is 7. The molecule has 2 nitrogen and oxygen atoms in total. The van der Waals surface area contributed by atoms with E-state index in [0.29, 0.717) is 23.3 Å². The highest BCUT2D eigenvalue weighted by Gasteiger charge is 2.55. The van der Waals surface area contributed by atoms with E-state index in [0.717, 1.165) is 22.9 Å². The van der Waals surface area contributed by atoms with Crippen LogP contribution in [0.25, 0.3) is 0 Å². The van der Waals surface area contributed by atoms with Crippen molar-refractivity contribution in [1.29, 1.82) is 0 Å². The van der Waals surface area contributed by atoms with Gasteiger partial charge >= 0.3 is 0 Å². The zero-order chi connectivity index (χ0) is 20.1. The van der Waals surface area contributed by atoms with Crippen molar-refractivity contribution in [1.82, 2.24) is 0 Å². The van der Waals surface area contributed by atoms with Gasteiger partial charge in [-0.1, -0.05) is 60.7 Å². The number of unbranched alkanes of at least 4 members (excludes halogenated alkanes) is 2. The molecular formula is C25H35BrO2. The van der Waals surface area contributed by atoms with Gasteiger partial charge in [0.15, 0.2) is 0 Å². The molecule has 0 unspecified atom stereocenters. The molecule has 154 valence electrons. The number of allylic oxidation sites excluding steroid dienone is 2. The van der Waals surface area contributed by atoms with Crippen molar-refractivity contribution in [3.05, 3.63) is 34.9 Å². The Labute approximate surface area is 178 Å². The standard InChI is InChI=1S/C25H35BrO2/c1-16-12-18(20-15-19(16)24(20,2)3)23-21(27)13-17(14-22(23)28)25(9-7-10-25)8-5-4-6-11-26/h12-14,18-20,27-28H,4-11,15H2,1-3H3/t18-,19+,20-/m0/s1. The van der Waals surface area contributed by atoms with E-state index >= 15 is 0 Å².